The SMILES string of the molecule is OC(Cc1cccc(F)c1F)c1ccc(Br)cc1F. The minimum absolute atomic E-state index is 0.00909. The number of hydrogen-bond acceptors (Lipinski definition) is 1. The van der Waals surface area contributed by atoms with Gasteiger partial charge in [-0.3, -0.25) is 0 Å². The molecule has 100 valence electrons. The highest BCUT2D eigenvalue weighted by molar-refractivity contribution is 9.10. The van der Waals surface area contributed by atoms with E-state index in [-0.39, 0.29) is 17.5 Å². The molecular formula is C14H10BrF3O. The van der Waals surface area contributed by atoms with Crippen LogP contribution in [0.1, 0.15) is 17.2 Å². The van der Waals surface area contributed by atoms with Crippen LogP contribution in [-0.2, 0) is 6.42 Å². The molecule has 0 spiro atoms. The van der Waals surface area contributed by atoms with Crippen LogP contribution in [0.4, 0.5) is 13.2 Å². The van der Waals surface area contributed by atoms with Gasteiger partial charge in [0.15, 0.2) is 11.6 Å². The molecule has 0 aromatic heterocycles. The van der Waals surface area contributed by atoms with Crippen LogP contribution >= 0.6 is 15.9 Å². The second kappa shape index (κ2) is 5.75. The molecule has 0 aliphatic rings. The molecule has 1 N–H and O–H groups in total. The molecule has 0 radical (unpaired) electrons. The first-order valence-corrected chi connectivity index (χ1v) is 6.34. The van der Waals surface area contributed by atoms with Gasteiger partial charge in [-0.1, -0.05) is 34.1 Å². The number of rotatable bonds is 3. The van der Waals surface area contributed by atoms with E-state index in [0.717, 1.165) is 6.07 Å². The molecule has 2 rings (SSSR count). The lowest BCUT2D eigenvalue weighted by molar-refractivity contribution is 0.172. The van der Waals surface area contributed by atoms with Crippen LogP contribution in [0.25, 0.3) is 0 Å². The van der Waals surface area contributed by atoms with E-state index in [0.29, 0.717) is 4.47 Å². The quantitative estimate of drug-likeness (QED) is 0.896. The van der Waals surface area contributed by atoms with Crippen molar-refractivity contribution < 1.29 is 18.3 Å². The first-order chi connectivity index (χ1) is 8.99. The van der Waals surface area contributed by atoms with Gasteiger partial charge >= 0.3 is 0 Å². The van der Waals surface area contributed by atoms with Crippen molar-refractivity contribution >= 4 is 15.9 Å². The fourth-order valence-corrected chi connectivity index (χ4v) is 2.13. The third-order valence-electron chi connectivity index (χ3n) is 2.77. The Labute approximate surface area is 116 Å². The van der Waals surface area contributed by atoms with Crippen molar-refractivity contribution in [3.05, 3.63) is 69.4 Å². The fourth-order valence-electron chi connectivity index (χ4n) is 1.80. The Balaban J connectivity index is 2.25. The maximum Gasteiger partial charge on any atom is 0.162 e. The summed E-state index contributed by atoms with van der Waals surface area (Å²) >= 11 is 3.10. The largest absolute Gasteiger partial charge is 0.388 e. The second-order valence-corrected chi connectivity index (χ2v) is 5.01. The molecule has 0 bridgehead atoms. The van der Waals surface area contributed by atoms with Gasteiger partial charge in [0, 0.05) is 16.5 Å². The van der Waals surface area contributed by atoms with E-state index in [9.17, 15) is 18.3 Å². The molecule has 5 heteroatoms. The summed E-state index contributed by atoms with van der Waals surface area (Å²) in [5.74, 6) is -2.60. The van der Waals surface area contributed by atoms with E-state index >= 15 is 0 Å². The zero-order valence-electron chi connectivity index (χ0n) is 9.71. The molecule has 1 nitrogen and oxygen atoms in total. The predicted molar refractivity (Wildman–Crippen MR) is 69.1 cm³/mol. The summed E-state index contributed by atoms with van der Waals surface area (Å²) in [6.07, 6.45) is -1.42. The average Bonchev–Trinajstić information content (AvgIpc) is 2.34. The van der Waals surface area contributed by atoms with Crippen molar-refractivity contribution in [1.29, 1.82) is 0 Å². The van der Waals surface area contributed by atoms with Gasteiger partial charge in [0.2, 0.25) is 0 Å². The smallest absolute Gasteiger partial charge is 0.162 e. The summed E-state index contributed by atoms with van der Waals surface area (Å²) in [7, 11) is 0. The van der Waals surface area contributed by atoms with Crippen molar-refractivity contribution in [3.8, 4) is 0 Å². The van der Waals surface area contributed by atoms with Gasteiger partial charge in [0.25, 0.3) is 0 Å². The lowest BCUT2D eigenvalue weighted by atomic mass is 10.0. The van der Waals surface area contributed by atoms with Gasteiger partial charge in [-0.25, -0.2) is 13.2 Å². The van der Waals surface area contributed by atoms with E-state index in [1.54, 1.807) is 6.07 Å². The number of aliphatic hydroxyl groups is 1. The van der Waals surface area contributed by atoms with Gasteiger partial charge in [-0.2, -0.15) is 0 Å². The van der Waals surface area contributed by atoms with Crippen molar-refractivity contribution in [2.45, 2.75) is 12.5 Å². The van der Waals surface area contributed by atoms with Crippen LogP contribution in [0, 0.1) is 17.5 Å². The summed E-state index contributed by atoms with van der Waals surface area (Å²) < 4.78 is 40.6. The first kappa shape index (κ1) is 14.1. The van der Waals surface area contributed by atoms with Crippen LogP contribution in [0.2, 0.25) is 0 Å². The lowest BCUT2D eigenvalue weighted by Crippen LogP contribution is -2.06. The van der Waals surface area contributed by atoms with Crippen molar-refractivity contribution in [3.63, 3.8) is 0 Å². The van der Waals surface area contributed by atoms with E-state index in [1.165, 1.54) is 24.3 Å². The van der Waals surface area contributed by atoms with Crippen LogP contribution < -0.4 is 0 Å². The predicted octanol–water partition coefficient (Wildman–Crippen LogP) is 4.14. The Kier molecular flexibility index (Phi) is 4.27. The maximum absolute atomic E-state index is 13.6. The zero-order chi connectivity index (χ0) is 14.0. The van der Waals surface area contributed by atoms with Crippen LogP contribution in [0.3, 0.4) is 0 Å². The molecule has 0 amide bonds. The van der Waals surface area contributed by atoms with Crippen LogP contribution in [0.15, 0.2) is 40.9 Å². The minimum Gasteiger partial charge on any atom is -0.388 e. The first-order valence-electron chi connectivity index (χ1n) is 5.55. The summed E-state index contributed by atoms with van der Waals surface area (Å²) in [5, 5.41) is 9.92. The molecule has 1 atom stereocenters. The molecule has 19 heavy (non-hydrogen) atoms. The Morgan fingerprint density at radius 1 is 1.05 bits per heavy atom. The Hall–Kier alpha value is -1.33. The Morgan fingerprint density at radius 2 is 1.79 bits per heavy atom. The summed E-state index contributed by atoms with van der Waals surface area (Å²) in [6, 6.07) is 7.88. The van der Waals surface area contributed by atoms with Gasteiger partial charge in [0.1, 0.15) is 5.82 Å². The topological polar surface area (TPSA) is 20.2 Å². The van der Waals surface area contributed by atoms with E-state index in [4.69, 9.17) is 0 Å². The average molecular weight is 331 g/mol. The van der Waals surface area contributed by atoms with E-state index in [1.807, 2.05) is 0 Å². The molecule has 0 aliphatic heterocycles. The molecule has 0 saturated carbocycles. The van der Waals surface area contributed by atoms with Crippen molar-refractivity contribution in [1.82, 2.24) is 0 Å². The third kappa shape index (κ3) is 3.16. The maximum atomic E-state index is 13.6. The summed E-state index contributed by atoms with van der Waals surface area (Å²) in [6.45, 7) is 0. The summed E-state index contributed by atoms with van der Waals surface area (Å²) in [4.78, 5) is 0. The number of halogens is 4. The number of hydrogen-bond donors (Lipinski definition) is 1. The van der Waals surface area contributed by atoms with Gasteiger partial charge in [-0.15, -0.1) is 0 Å². The lowest BCUT2D eigenvalue weighted by Gasteiger charge is -2.13. The van der Waals surface area contributed by atoms with Gasteiger partial charge in [-0.05, 0) is 23.8 Å². The van der Waals surface area contributed by atoms with Crippen LogP contribution in [0.5, 0.6) is 0 Å². The fraction of sp³-hybridized carbons (Fsp3) is 0.143. The zero-order valence-corrected chi connectivity index (χ0v) is 11.3. The van der Waals surface area contributed by atoms with Crippen molar-refractivity contribution in [2.75, 3.05) is 0 Å². The summed E-state index contributed by atoms with van der Waals surface area (Å²) in [5.41, 5.74) is 0.0571. The number of aliphatic hydroxyl groups excluding tert-OH is 1. The van der Waals surface area contributed by atoms with Crippen molar-refractivity contribution in [2.24, 2.45) is 0 Å². The highest BCUT2D eigenvalue weighted by Crippen LogP contribution is 2.25. The highest BCUT2D eigenvalue weighted by atomic mass is 79.9. The normalized spacial score (nSPS) is 12.5. The van der Waals surface area contributed by atoms with Gasteiger partial charge < -0.3 is 5.11 Å². The van der Waals surface area contributed by atoms with E-state index in [2.05, 4.69) is 15.9 Å². The molecule has 0 heterocycles. The molecule has 0 fully saturated rings. The Bertz CT molecular complexity index is 601. The molecule has 0 aliphatic carbocycles. The minimum atomic E-state index is -1.23. The standard InChI is InChI=1S/C14H10BrF3O/c15-9-4-5-10(12(17)7-9)13(19)6-8-2-1-3-11(16)14(8)18/h1-5,7,13,19H,6H2. The van der Waals surface area contributed by atoms with Gasteiger partial charge in [0.05, 0.1) is 6.10 Å². The van der Waals surface area contributed by atoms with Crippen LogP contribution in [-0.4, -0.2) is 5.11 Å². The molecule has 2 aromatic rings. The number of benzene rings is 2. The van der Waals surface area contributed by atoms with E-state index < -0.39 is 23.6 Å². The molecule has 0 saturated heterocycles. The molecule has 2 aromatic carbocycles. The monoisotopic (exact) mass is 330 g/mol. The third-order valence-corrected chi connectivity index (χ3v) is 3.26. The highest BCUT2D eigenvalue weighted by Gasteiger charge is 2.17. The molecular weight excluding hydrogens is 321 g/mol. The Morgan fingerprint density at radius 3 is 2.47 bits per heavy atom. The molecule has 1 unspecified atom stereocenters. The second-order valence-electron chi connectivity index (χ2n) is 4.10.